The molecule has 3 rings (SSSR count). The van der Waals surface area contributed by atoms with E-state index < -0.39 is 29.3 Å². The highest BCUT2D eigenvalue weighted by molar-refractivity contribution is 6.33. The van der Waals surface area contributed by atoms with Crippen LogP contribution in [-0.2, 0) is 14.3 Å². The van der Waals surface area contributed by atoms with Gasteiger partial charge in [0.05, 0.1) is 23.0 Å². The predicted molar refractivity (Wildman–Crippen MR) is 135 cm³/mol. The maximum absolute atomic E-state index is 14.7. The maximum Gasteiger partial charge on any atom is 0.306 e. The van der Waals surface area contributed by atoms with Crippen molar-refractivity contribution < 1.29 is 23.1 Å². The third-order valence-corrected chi connectivity index (χ3v) is 6.77. The minimum Gasteiger partial charge on any atom is -0.460 e. The van der Waals surface area contributed by atoms with Gasteiger partial charge in [-0.25, -0.2) is 8.78 Å². The largest absolute Gasteiger partial charge is 0.460 e. The Morgan fingerprint density at radius 2 is 1.74 bits per heavy atom. The van der Waals surface area contributed by atoms with Crippen LogP contribution in [0.2, 0.25) is 10.0 Å². The molecule has 0 aliphatic heterocycles. The maximum atomic E-state index is 14.7. The highest BCUT2D eigenvalue weighted by Gasteiger charge is 2.50. The molecule has 3 unspecified atom stereocenters. The number of rotatable bonds is 7. The number of halogens is 4. The molecule has 1 saturated carbocycles. The predicted octanol–water partition coefficient (Wildman–Crippen LogP) is 7.99. The molecule has 1 aliphatic rings. The number of ether oxygens (including phenoxy) is 1. The molecule has 0 heterocycles. The van der Waals surface area contributed by atoms with Crippen molar-refractivity contribution in [3.63, 3.8) is 0 Å². The lowest BCUT2D eigenvalue weighted by molar-refractivity contribution is -0.155. The normalized spacial score (nSPS) is 19.1. The molecule has 0 radical (unpaired) electrons. The second kappa shape index (κ2) is 10.8. The fourth-order valence-electron chi connectivity index (χ4n) is 4.51. The smallest absolute Gasteiger partial charge is 0.306 e. The summed E-state index contributed by atoms with van der Waals surface area (Å²) in [4.78, 5) is 25.7. The molecule has 1 aliphatic carbocycles. The zero-order chi connectivity index (χ0) is 26.0. The minimum atomic E-state index is -2.95. The number of amides is 1. The molecule has 0 bridgehead atoms. The molecule has 0 aromatic heterocycles. The number of nitrogens with one attached hydrogen (secondary N) is 1. The fourth-order valence-corrected chi connectivity index (χ4v) is 4.80. The Morgan fingerprint density at radius 3 is 2.31 bits per heavy atom. The third-order valence-electron chi connectivity index (χ3n) is 6.19. The molecule has 2 aromatic rings. The van der Waals surface area contributed by atoms with Crippen LogP contribution in [-0.4, -0.2) is 23.4 Å². The van der Waals surface area contributed by atoms with Crippen LogP contribution in [0.15, 0.2) is 42.5 Å². The summed E-state index contributed by atoms with van der Waals surface area (Å²) in [6, 6.07) is 11.5. The van der Waals surface area contributed by atoms with Gasteiger partial charge in [0.1, 0.15) is 5.60 Å². The first-order valence-corrected chi connectivity index (χ1v) is 12.5. The van der Waals surface area contributed by atoms with E-state index in [1.54, 1.807) is 63.2 Å². The summed E-state index contributed by atoms with van der Waals surface area (Å²) in [6.07, 6.45) is 0.503. The molecule has 0 spiro atoms. The first kappa shape index (κ1) is 27.4. The highest BCUT2D eigenvalue weighted by atomic mass is 35.5. The Morgan fingerprint density at radius 1 is 1.11 bits per heavy atom. The Kier molecular flexibility index (Phi) is 8.48. The zero-order valence-corrected chi connectivity index (χ0v) is 21.9. The van der Waals surface area contributed by atoms with Crippen LogP contribution >= 0.6 is 23.2 Å². The quantitative estimate of drug-likeness (QED) is 0.372. The second-order valence-electron chi connectivity index (χ2n) is 10.2. The summed E-state index contributed by atoms with van der Waals surface area (Å²) < 4.78 is 34.9. The van der Waals surface area contributed by atoms with E-state index in [1.807, 2.05) is 6.92 Å². The van der Waals surface area contributed by atoms with Crippen molar-refractivity contribution in [1.29, 1.82) is 0 Å². The van der Waals surface area contributed by atoms with E-state index in [2.05, 4.69) is 5.32 Å². The van der Waals surface area contributed by atoms with Crippen molar-refractivity contribution >= 4 is 40.8 Å². The molecule has 1 amide bonds. The summed E-state index contributed by atoms with van der Waals surface area (Å²) in [5.74, 6) is -6.24. The molecule has 2 aromatic carbocycles. The van der Waals surface area contributed by atoms with Gasteiger partial charge in [-0.1, -0.05) is 48.3 Å². The van der Waals surface area contributed by atoms with Crippen molar-refractivity contribution in [3.05, 3.63) is 63.6 Å². The summed E-state index contributed by atoms with van der Waals surface area (Å²) in [6.45, 7) is 7.28. The second-order valence-corrected chi connectivity index (χ2v) is 11.1. The van der Waals surface area contributed by atoms with Gasteiger partial charge in [-0.15, -0.1) is 0 Å². The summed E-state index contributed by atoms with van der Waals surface area (Å²) in [5, 5.41) is 3.51. The Hall–Kier alpha value is -2.18. The van der Waals surface area contributed by atoms with Crippen LogP contribution in [0.5, 0.6) is 0 Å². The summed E-state index contributed by atoms with van der Waals surface area (Å²) >= 11 is 12.3. The monoisotopic (exact) mass is 525 g/mol. The van der Waals surface area contributed by atoms with Gasteiger partial charge in [0, 0.05) is 17.4 Å². The molecule has 8 heteroatoms. The topological polar surface area (TPSA) is 55.4 Å². The van der Waals surface area contributed by atoms with Gasteiger partial charge in [-0.05, 0) is 74.9 Å². The molecular formula is C27H31Cl2F2NO3. The lowest BCUT2D eigenvalue weighted by atomic mass is 9.82. The number of anilines is 1. The summed E-state index contributed by atoms with van der Waals surface area (Å²) in [5.41, 5.74) is 0.967. The van der Waals surface area contributed by atoms with Crippen molar-refractivity contribution in [2.45, 2.75) is 76.7 Å². The van der Waals surface area contributed by atoms with E-state index in [4.69, 9.17) is 27.9 Å². The fraction of sp³-hybridized carbons (Fsp3) is 0.481. The van der Waals surface area contributed by atoms with Gasteiger partial charge in [0.25, 0.3) is 5.92 Å². The molecule has 190 valence electrons. The number of carbonyl (C=O) groups excluding carboxylic acids is 2. The summed E-state index contributed by atoms with van der Waals surface area (Å²) in [7, 11) is 0. The molecule has 0 saturated heterocycles. The number of hydrogen-bond donors (Lipinski definition) is 1. The first-order chi connectivity index (χ1) is 16.3. The molecule has 3 atom stereocenters. The zero-order valence-electron chi connectivity index (χ0n) is 20.3. The van der Waals surface area contributed by atoms with Gasteiger partial charge in [0.15, 0.2) is 0 Å². The van der Waals surface area contributed by atoms with Crippen molar-refractivity contribution in [3.8, 4) is 0 Å². The van der Waals surface area contributed by atoms with Crippen LogP contribution in [0.3, 0.4) is 0 Å². The number of carbonyl (C=O) groups is 2. The lowest BCUT2D eigenvalue weighted by Gasteiger charge is -2.28. The van der Waals surface area contributed by atoms with Crippen molar-refractivity contribution in [1.82, 2.24) is 0 Å². The van der Waals surface area contributed by atoms with Gasteiger partial charge in [-0.2, -0.15) is 0 Å². The van der Waals surface area contributed by atoms with Crippen LogP contribution < -0.4 is 5.32 Å². The van der Waals surface area contributed by atoms with Gasteiger partial charge in [0.2, 0.25) is 5.91 Å². The van der Waals surface area contributed by atoms with E-state index in [-0.39, 0.29) is 36.2 Å². The number of alkyl halides is 2. The highest BCUT2D eigenvalue weighted by Crippen LogP contribution is 2.48. The molecular weight excluding hydrogens is 495 g/mol. The Balaban J connectivity index is 1.84. The van der Waals surface area contributed by atoms with Crippen molar-refractivity contribution in [2.24, 2.45) is 5.92 Å². The van der Waals surface area contributed by atoms with Crippen LogP contribution in [0, 0.1) is 5.92 Å². The van der Waals surface area contributed by atoms with Gasteiger partial charge < -0.3 is 10.1 Å². The van der Waals surface area contributed by atoms with Gasteiger partial charge >= 0.3 is 5.97 Å². The van der Waals surface area contributed by atoms with Crippen LogP contribution in [0.1, 0.15) is 76.3 Å². The van der Waals surface area contributed by atoms with E-state index >= 15 is 0 Å². The minimum absolute atomic E-state index is 0.147. The van der Waals surface area contributed by atoms with E-state index in [0.29, 0.717) is 22.7 Å². The standard InChI is InChI=1S/C27H31Cl2F2NO3/c1-16(14-23(33)35-26(2,3)4)18-9-12-21(29)22(15-18)32-25(34)24(17-7-10-19(28)11-8-17)20-6-5-13-27(20,30)31/h7-12,15-16,20,24H,5-6,13-14H2,1-4H3,(H,32,34). The van der Waals surface area contributed by atoms with Crippen LogP contribution in [0.25, 0.3) is 0 Å². The number of hydrogen-bond acceptors (Lipinski definition) is 3. The average Bonchev–Trinajstić information content (AvgIpc) is 3.08. The van der Waals surface area contributed by atoms with Crippen LogP contribution in [0.4, 0.5) is 14.5 Å². The molecule has 35 heavy (non-hydrogen) atoms. The lowest BCUT2D eigenvalue weighted by Crippen LogP contribution is -2.35. The Labute approximate surface area is 215 Å². The van der Waals surface area contributed by atoms with Gasteiger partial charge in [-0.3, -0.25) is 9.59 Å². The number of esters is 1. The molecule has 1 fully saturated rings. The van der Waals surface area contributed by atoms with E-state index in [1.165, 1.54) is 0 Å². The third kappa shape index (κ3) is 7.17. The Bertz CT molecular complexity index is 1070. The first-order valence-electron chi connectivity index (χ1n) is 11.7. The molecule has 4 nitrogen and oxygen atoms in total. The average molecular weight is 526 g/mol. The molecule has 1 N–H and O–H groups in total. The van der Waals surface area contributed by atoms with E-state index in [0.717, 1.165) is 5.56 Å². The van der Waals surface area contributed by atoms with Crippen molar-refractivity contribution in [2.75, 3.05) is 5.32 Å². The SMILES string of the molecule is CC(CC(=O)OC(C)(C)C)c1ccc(Cl)c(NC(=O)C(c2ccc(Cl)cc2)C2CCCC2(F)F)c1. The number of benzene rings is 2. The van der Waals surface area contributed by atoms with E-state index in [9.17, 15) is 18.4 Å².